The maximum absolute atomic E-state index is 12.9. The van der Waals surface area contributed by atoms with Crippen LogP contribution in [-0.4, -0.2) is 21.0 Å². The third kappa shape index (κ3) is 4.96. The Kier molecular flexibility index (Phi) is 6.07. The van der Waals surface area contributed by atoms with Crippen molar-refractivity contribution in [3.63, 3.8) is 0 Å². The van der Waals surface area contributed by atoms with Crippen LogP contribution in [0.3, 0.4) is 0 Å². The van der Waals surface area contributed by atoms with E-state index in [0.29, 0.717) is 10.6 Å². The molecule has 1 amide bonds. The van der Waals surface area contributed by atoms with E-state index in [1.54, 1.807) is 30.3 Å². The zero-order chi connectivity index (χ0) is 20.1. The predicted octanol–water partition coefficient (Wildman–Crippen LogP) is 4.25. The number of nitrogens with one attached hydrogen (secondary N) is 1. The van der Waals surface area contributed by atoms with Crippen LogP contribution in [0, 0.1) is 15.9 Å². The number of non-ortho nitro benzene ring substituents is 1. The van der Waals surface area contributed by atoms with Crippen LogP contribution in [0.15, 0.2) is 48.5 Å². The molecule has 142 valence electrons. The van der Waals surface area contributed by atoms with E-state index in [9.17, 15) is 19.3 Å². The number of carbonyl (C=O) groups is 1. The number of hydrogen-bond acceptors (Lipinski definition) is 6. The molecule has 28 heavy (non-hydrogen) atoms. The molecule has 1 aromatic heterocycles. The number of hydrogen-bond donors (Lipinski definition) is 1. The maximum atomic E-state index is 12.9. The fourth-order valence-electron chi connectivity index (χ4n) is 2.17. The van der Waals surface area contributed by atoms with E-state index in [1.165, 1.54) is 24.3 Å². The smallest absolute Gasteiger partial charge is 0.282 e. The number of nitrogens with zero attached hydrogens (tertiary/aromatic N) is 3. The van der Waals surface area contributed by atoms with Crippen LogP contribution in [0.1, 0.15) is 25.9 Å². The Morgan fingerprint density at radius 3 is 2.43 bits per heavy atom. The number of carbonyl (C=O) groups excluding carboxylic acids is 1. The topological polar surface area (TPSA) is 98.0 Å². The number of benzene rings is 2. The van der Waals surface area contributed by atoms with Gasteiger partial charge in [-0.3, -0.25) is 14.9 Å². The van der Waals surface area contributed by atoms with Crippen LogP contribution >= 0.6 is 22.9 Å². The fraction of sp³-hybridized carbons (Fsp3) is 0.0556. The molecule has 0 unspecified atom stereocenters. The Bertz CT molecular complexity index is 1040. The average Bonchev–Trinajstić information content (AvgIpc) is 3.18. The van der Waals surface area contributed by atoms with Crippen molar-refractivity contribution >= 4 is 45.6 Å². The van der Waals surface area contributed by atoms with Gasteiger partial charge < -0.3 is 5.32 Å². The summed E-state index contributed by atoms with van der Waals surface area (Å²) in [6.45, 7) is 0.223. The normalized spacial score (nSPS) is 11.3. The molecule has 0 aliphatic rings. The number of nitro benzene ring substituents is 1. The second-order valence-corrected chi connectivity index (χ2v) is 6.95. The van der Waals surface area contributed by atoms with Gasteiger partial charge >= 0.3 is 0 Å². The van der Waals surface area contributed by atoms with Crippen molar-refractivity contribution in [3.05, 3.63) is 85.6 Å². The molecule has 0 aliphatic heterocycles. The van der Waals surface area contributed by atoms with Gasteiger partial charge in [-0.15, -0.1) is 10.2 Å². The summed E-state index contributed by atoms with van der Waals surface area (Å²) in [5, 5.41) is 21.8. The lowest BCUT2D eigenvalue weighted by Gasteiger charge is -2.02. The zero-order valence-electron chi connectivity index (χ0n) is 14.1. The SMILES string of the molecule is O=C(NCc1ccc(F)cc1)c1nnc(C(Cl)=Cc2ccc([N+](=O)[O-])cc2)s1. The number of halogens is 2. The van der Waals surface area contributed by atoms with Crippen molar-refractivity contribution in [2.24, 2.45) is 0 Å². The molecule has 0 aliphatic carbocycles. The first-order valence-corrected chi connectivity index (χ1v) is 9.10. The van der Waals surface area contributed by atoms with Crippen molar-refractivity contribution in [2.45, 2.75) is 6.54 Å². The first kappa shape index (κ1) is 19.6. The molecule has 0 radical (unpaired) electrons. The minimum atomic E-state index is -0.489. The molecular weight excluding hydrogens is 407 g/mol. The van der Waals surface area contributed by atoms with Gasteiger partial charge in [-0.05, 0) is 41.5 Å². The Balaban J connectivity index is 1.65. The molecule has 3 rings (SSSR count). The third-order valence-corrected chi connectivity index (χ3v) is 4.94. The highest BCUT2D eigenvalue weighted by atomic mass is 35.5. The summed E-state index contributed by atoms with van der Waals surface area (Å²) in [6, 6.07) is 11.6. The summed E-state index contributed by atoms with van der Waals surface area (Å²) in [5.41, 5.74) is 1.37. The first-order valence-electron chi connectivity index (χ1n) is 7.90. The summed E-state index contributed by atoms with van der Waals surface area (Å²) in [6.07, 6.45) is 1.58. The highest BCUT2D eigenvalue weighted by Gasteiger charge is 2.14. The van der Waals surface area contributed by atoms with Gasteiger partial charge in [0.1, 0.15) is 5.82 Å². The lowest BCUT2D eigenvalue weighted by molar-refractivity contribution is -0.384. The van der Waals surface area contributed by atoms with Gasteiger partial charge in [-0.1, -0.05) is 35.1 Å². The second-order valence-electron chi connectivity index (χ2n) is 5.56. The summed E-state index contributed by atoms with van der Waals surface area (Å²) < 4.78 is 12.9. The molecule has 7 nitrogen and oxygen atoms in total. The van der Waals surface area contributed by atoms with Crippen LogP contribution in [-0.2, 0) is 6.54 Å². The largest absolute Gasteiger partial charge is 0.346 e. The van der Waals surface area contributed by atoms with Crippen LogP contribution in [0.4, 0.5) is 10.1 Å². The summed E-state index contributed by atoms with van der Waals surface area (Å²) >= 11 is 7.23. The summed E-state index contributed by atoms with van der Waals surface area (Å²) in [5.74, 6) is -0.772. The Morgan fingerprint density at radius 1 is 1.14 bits per heavy atom. The van der Waals surface area contributed by atoms with E-state index in [1.807, 2.05) is 0 Å². The number of amides is 1. The number of aromatic nitrogens is 2. The van der Waals surface area contributed by atoms with Crippen molar-refractivity contribution < 1.29 is 14.1 Å². The molecule has 1 N–H and O–H groups in total. The van der Waals surface area contributed by atoms with Gasteiger partial charge in [0, 0.05) is 18.7 Å². The first-order chi connectivity index (χ1) is 13.4. The van der Waals surface area contributed by atoms with E-state index < -0.39 is 10.8 Å². The molecule has 10 heteroatoms. The predicted molar refractivity (Wildman–Crippen MR) is 104 cm³/mol. The molecule has 0 fully saturated rings. The number of nitro groups is 1. The maximum Gasteiger partial charge on any atom is 0.282 e. The molecule has 2 aromatic carbocycles. The van der Waals surface area contributed by atoms with Gasteiger partial charge in [0.2, 0.25) is 5.01 Å². The third-order valence-electron chi connectivity index (χ3n) is 3.59. The molecule has 1 heterocycles. The van der Waals surface area contributed by atoms with Gasteiger partial charge in [0.05, 0.1) is 9.96 Å². The molecule has 0 saturated heterocycles. The van der Waals surface area contributed by atoms with Crippen molar-refractivity contribution in [1.29, 1.82) is 0 Å². The second kappa shape index (κ2) is 8.68. The van der Waals surface area contributed by atoms with E-state index in [2.05, 4.69) is 15.5 Å². The molecule has 0 atom stereocenters. The van der Waals surface area contributed by atoms with Crippen LogP contribution in [0.5, 0.6) is 0 Å². The Labute approximate surface area is 167 Å². The zero-order valence-corrected chi connectivity index (χ0v) is 15.7. The lowest BCUT2D eigenvalue weighted by atomic mass is 10.2. The minimum absolute atomic E-state index is 0.0238. The van der Waals surface area contributed by atoms with Crippen LogP contribution < -0.4 is 5.32 Å². The monoisotopic (exact) mass is 418 g/mol. The van der Waals surface area contributed by atoms with Crippen molar-refractivity contribution in [2.75, 3.05) is 0 Å². The summed E-state index contributed by atoms with van der Waals surface area (Å²) in [4.78, 5) is 22.4. The van der Waals surface area contributed by atoms with E-state index in [0.717, 1.165) is 16.9 Å². The molecule has 3 aromatic rings. The molecule has 0 saturated carbocycles. The highest BCUT2D eigenvalue weighted by Crippen LogP contribution is 2.26. The van der Waals surface area contributed by atoms with Crippen molar-refractivity contribution in [3.8, 4) is 0 Å². The molecule has 0 spiro atoms. The van der Waals surface area contributed by atoms with Gasteiger partial charge in [-0.2, -0.15) is 0 Å². The van der Waals surface area contributed by atoms with E-state index in [4.69, 9.17) is 11.6 Å². The van der Waals surface area contributed by atoms with Crippen LogP contribution in [0.25, 0.3) is 11.1 Å². The van der Waals surface area contributed by atoms with Crippen molar-refractivity contribution in [1.82, 2.24) is 15.5 Å². The lowest BCUT2D eigenvalue weighted by Crippen LogP contribution is -2.22. The number of rotatable bonds is 6. The Morgan fingerprint density at radius 2 is 1.79 bits per heavy atom. The summed E-state index contributed by atoms with van der Waals surface area (Å²) in [7, 11) is 0. The fourth-order valence-corrected chi connectivity index (χ4v) is 3.12. The van der Waals surface area contributed by atoms with E-state index >= 15 is 0 Å². The standard InChI is InChI=1S/C18H12ClFN4O3S/c19-15(9-11-3-7-14(8-4-11)24(26)27)17-22-23-18(28-17)16(25)21-10-12-1-5-13(20)6-2-12/h1-9H,10H2,(H,21,25). The van der Waals surface area contributed by atoms with Gasteiger partial charge in [-0.25, -0.2) is 4.39 Å². The van der Waals surface area contributed by atoms with Gasteiger partial charge in [0.15, 0.2) is 5.01 Å². The highest BCUT2D eigenvalue weighted by molar-refractivity contribution is 7.15. The quantitative estimate of drug-likeness (QED) is 0.476. The van der Waals surface area contributed by atoms with Gasteiger partial charge in [0.25, 0.3) is 11.6 Å². The van der Waals surface area contributed by atoms with E-state index in [-0.39, 0.29) is 28.1 Å². The molecule has 0 bridgehead atoms. The average molecular weight is 419 g/mol. The Hall–Kier alpha value is -3.17. The van der Waals surface area contributed by atoms with Crippen LogP contribution in [0.2, 0.25) is 0 Å². The minimum Gasteiger partial charge on any atom is -0.346 e. The molecular formula is C18H12ClFN4O3S.